The zero-order valence-corrected chi connectivity index (χ0v) is 12.5. The molecule has 0 bridgehead atoms. The number of hydrogen-bond acceptors (Lipinski definition) is 4. The minimum absolute atomic E-state index is 0.167. The third-order valence-electron chi connectivity index (χ3n) is 2.26. The highest BCUT2D eigenvalue weighted by molar-refractivity contribution is 9.10. The quantitative estimate of drug-likeness (QED) is 0.812. The van der Waals surface area contributed by atoms with Crippen LogP contribution in [0.25, 0.3) is 0 Å². The van der Waals surface area contributed by atoms with Crippen molar-refractivity contribution in [2.75, 3.05) is 11.9 Å². The van der Waals surface area contributed by atoms with E-state index in [9.17, 15) is 9.59 Å². The van der Waals surface area contributed by atoms with E-state index in [-0.39, 0.29) is 18.4 Å². The summed E-state index contributed by atoms with van der Waals surface area (Å²) >= 11 is 3.31. The summed E-state index contributed by atoms with van der Waals surface area (Å²) in [5.74, 6) is -0.559. The van der Waals surface area contributed by atoms with Gasteiger partial charge in [-0.25, -0.2) is 4.79 Å². The maximum atomic E-state index is 11.6. The lowest BCUT2D eigenvalue weighted by Gasteiger charge is -2.10. The highest BCUT2D eigenvalue weighted by Crippen LogP contribution is 2.24. The molecule has 0 saturated carbocycles. The second-order valence-corrected chi connectivity index (χ2v) is 5.00. The number of nitrogens with one attached hydrogen (secondary N) is 1. The molecule has 1 aromatic carbocycles. The Bertz CT molecular complexity index is 475. The zero-order chi connectivity index (χ0) is 14.4. The third-order valence-corrected chi connectivity index (χ3v) is 2.92. The molecule has 1 aromatic rings. The second-order valence-electron chi connectivity index (χ2n) is 4.14. The summed E-state index contributed by atoms with van der Waals surface area (Å²) in [7, 11) is 0. The lowest BCUT2D eigenvalue weighted by Crippen LogP contribution is -2.24. The molecule has 5 nitrogen and oxygen atoms in total. The van der Waals surface area contributed by atoms with E-state index in [1.165, 1.54) is 0 Å². The first-order valence-electron chi connectivity index (χ1n) is 5.96. The predicted molar refractivity (Wildman–Crippen MR) is 77.0 cm³/mol. The molecule has 0 spiro atoms. The van der Waals surface area contributed by atoms with Gasteiger partial charge in [0.1, 0.15) is 0 Å². The van der Waals surface area contributed by atoms with Gasteiger partial charge in [-0.3, -0.25) is 4.79 Å². The molecule has 0 radical (unpaired) electrons. The van der Waals surface area contributed by atoms with E-state index in [4.69, 9.17) is 10.5 Å². The van der Waals surface area contributed by atoms with E-state index in [0.29, 0.717) is 22.3 Å². The van der Waals surface area contributed by atoms with Gasteiger partial charge in [0, 0.05) is 16.9 Å². The van der Waals surface area contributed by atoms with Crippen LogP contribution in [0.1, 0.15) is 30.6 Å². The number of esters is 1. The van der Waals surface area contributed by atoms with Crippen LogP contribution in [0.15, 0.2) is 22.7 Å². The van der Waals surface area contributed by atoms with Gasteiger partial charge in [-0.1, -0.05) is 0 Å². The van der Waals surface area contributed by atoms with Crippen LogP contribution in [0.5, 0.6) is 0 Å². The number of nitrogens with two attached hydrogens (primary N) is 1. The molecule has 0 saturated heterocycles. The molecule has 0 aromatic heterocycles. The number of halogens is 1. The maximum Gasteiger partial charge on any atom is 0.338 e. The lowest BCUT2D eigenvalue weighted by molar-refractivity contribution is -0.116. The average Bonchev–Trinajstić information content (AvgIpc) is 2.31. The zero-order valence-electron chi connectivity index (χ0n) is 10.9. The molecular formula is C13H17BrN2O3. The van der Waals surface area contributed by atoms with E-state index >= 15 is 0 Å². The minimum Gasteiger partial charge on any atom is -0.462 e. The van der Waals surface area contributed by atoms with Gasteiger partial charge in [-0.2, -0.15) is 0 Å². The Balaban J connectivity index is 2.77. The van der Waals surface area contributed by atoms with Crippen LogP contribution in [0, 0.1) is 0 Å². The number of anilines is 1. The van der Waals surface area contributed by atoms with Crippen molar-refractivity contribution in [3.05, 3.63) is 28.2 Å². The SMILES string of the molecule is CCOC(=O)c1ccc(NC(=O)CC(C)N)c(Br)c1. The summed E-state index contributed by atoms with van der Waals surface area (Å²) in [6, 6.07) is 4.66. The van der Waals surface area contributed by atoms with Crippen molar-refractivity contribution in [3.8, 4) is 0 Å². The van der Waals surface area contributed by atoms with Crippen LogP contribution in [-0.2, 0) is 9.53 Å². The number of benzene rings is 1. The monoisotopic (exact) mass is 328 g/mol. The molecular weight excluding hydrogens is 312 g/mol. The molecule has 1 atom stereocenters. The fourth-order valence-electron chi connectivity index (χ4n) is 1.45. The fraction of sp³-hybridized carbons (Fsp3) is 0.385. The van der Waals surface area contributed by atoms with Crippen molar-refractivity contribution in [1.82, 2.24) is 0 Å². The molecule has 1 rings (SSSR count). The van der Waals surface area contributed by atoms with Gasteiger partial charge < -0.3 is 15.8 Å². The molecule has 19 heavy (non-hydrogen) atoms. The van der Waals surface area contributed by atoms with Crippen molar-refractivity contribution in [2.24, 2.45) is 5.73 Å². The van der Waals surface area contributed by atoms with Gasteiger partial charge in [-0.15, -0.1) is 0 Å². The van der Waals surface area contributed by atoms with E-state index in [1.54, 1.807) is 32.0 Å². The molecule has 1 amide bonds. The molecule has 104 valence electrons. The normalized spacial score (nSPS) is 11.8. The first-order valence-corrected chi connectivity index (χ1v) is 6.75. The summed E-state index contributed by atoms with van der Waals surface area (Å²) in [4.78, 5) is 23.1. The van der Waals surface area contributed by atoms with Crippen molar-refractivity contribution in [1.29, 1.82) is 0 Å². The summed E-state index contributed by atoms with van der Waals surface area (Å²) in [5, 5.41) is 2.72. The molecule has 1 unspecified atom stereocenters. The molecule has 0 aliphatic rings. The summed E-state index contributed by atoms with van der Waals surface area (Å²) < 4.78 is 5.51. The lowest BCUT2D eigenvalue weighted by atomic mass is 10.2. The van der Waals surface area contributed by atoms with Gasteiger partial charge in [0.2, 0.25) is 5.91 Å². The van der Waals surface area contributed by atoms with Crippen LogP contribution in [0.2, 0.25) is 0 Å². The number of hydrogen-bond donors (Lipinski definition) is 2. The fourth-order valence-corrected chi connectivity index (χ4v) is 1.93. The Kier molecular flexibility index (Phi) is 5.98. The van der Waals surface area contributed by atoms with Crippen molar-refractivity contribution >= 4 is 33.5 Å². The van der Waals surface area contributed by atoms with Crippen molar-refractivity contribution in [2.45, 2.75) is 26.3 Å². The third kappa shape index (κ3) is 5.00. The maximum absolute atomic E-state index is 11.6. The van der Waals surface area contributed by atoms with Gasteiger partial charge >= 0.3 is 5.97 Å². The van der Waals surface area contributed by atoms with Gasteiger partial charge in [0.05, 0.1) is 17.9 Å². The number of ether oxygens (including phenoxy) is 1. The topological polar surface area (TPSA) is 81.4 Å². The minimum atomic E-state index is -0.392. The molecule has 6 heteroatoms. The predicted octanol–water partition coefficient (Wildman–Crippen LogP) is 2.30. The summed E-state index contributed by atoms with van der Waals surface area (Å²) in [6.07, 6.45) is 0.242. The molecule has 0 aliphatic heterocycles. The Labute approximate surface area is 120 Å². The Morgan fingerprint density at radius 1 is 1.47 bits per heavy atom. The summed E-state index contributed by atoms with van der Waals surface area (Å²) in [6.45, 7) is 3.83. The van der Waals surface area contributed by atoms with Crippen molar-refractivity contribution in [3.63, 3.8) is 0 Å². The molecule has 3 N–H and O–H groups in total. The van der Waals surface area contributed by atoms with Crippen LogP contribution >= 0.6 is 15.9 Å². The largest absolute Gasteiger partial charge is 0.462 e. The second kappa shape index (κ2) is 7.25. The van der Waals surface area contributed by atoms with Crippen LogP contribution in [0.4, 0.5) is 5.69 Å². The van der Waals surface area contributed by atoms with Gasteiger partial charge in [-0.05, 0) is 48.0 Å². The van der Waals surface area contributed by atoms with Gasteiger partial charge in [0.25, 0.3) is 0 Å². The van der Waals surface area contributed by atoms with Crippen molar-refractivity contribution < 1.29 is 14.3 Å². The highest BCUT2D eigenvalue weighted by atomic mass is 79.9. The number of carbonyl (C=O) groups excluding carboxylic acids is 2. The van der Waals surface area contributed by atoms with E-state index in [1.807, 2.05) is 0 Å². The molecule has 0 aliphatic carbocycles. The average molecular weight is 329 g/mol. The molecule has 0 heterocycles. The summed E-state index contributed by atoms with van der Waals surface area (Å²) in [5.41, 5.74) is 6.57. The van der Waals surface area contributed by atoms with E-state index in [0.717, 1.165) is 0 Å². The van der Waals surface area contributed by atoms with E-state index < -0.39 is 5.97 Å². The Hall–Kier alpha value is -1.40. The Morgan fingerprint density at radius 3 is 2.68 bits per heavy atom. The number of carbonyl (C=O) groups is 2. The smallest absolute Gasteiger partial charge is 0.338 e. The van der Waals surface area contributed by atoms with E-state index in [2.05, 4.69) is 21.2 Å². The Morgan fingerprint density at radius 2 is 2.16 bits per heavy atom. The van der Waals surface area contributed by atoms with Crippen LogP contribution in [0.3, 0.4) is 0 Å². The number of amides is 1. The first-order chi connectivity index (χ1) is 8.93. The highest BCUT2D eigenvalue weighted by Gasteiger charge is 2.11. The van der Waals surface area contributed by atoms with Crippen LogP contribution in [-0.4, -0.2) is 24.5 Å². The van der Waals surface area contributed by atoms with Crippen LogP contribution < -0.4 is 11.1 Å². The first kappa shape index (κ1) is 15.7. The molecule has 0 fully saturated rings. The standard InChI is InChI=1S/C13H17BrN2O3/c1-3-19-13(18)9-4-5-11(10(14)7-9)16-12(17)6-8(2)15/h4-5,7-8H,3,6,15H2,1-2H3,(H,16,17). The number of rotatable bonds is 5. The van der Waals surface area contributed by atoms with Gasteiger partial charge in [0.15, 0.2) is 0 Å².